The van der Waals surface area contributed by atoms with Crippen molar-refractivity contribution in [3.05, 3.63) is 10.6 Å². The summed E-state index contributed by atoms with van der Waals surface area (Å²) >= 11 is 1.40. The summed E-state index contributed by atoms with van der Waals surface area (Å²) in [5.41, 5.74) is 6.40. The summed E-state index contributed by atoms with van der Waals surface area (Å²) in [4.78, 5) is 20.0. The molecule has 1 aliphatic carbocycles. The molecule has 23 heavy (non-hydrogen) atoms. The van der Waals surface area contributed by atoms with E-state index in [1.807, 2.05) is 11.8 Å². The number of nitrogens with zero attached hydrogens (tertiary/aromatic N) is 2. The Morgan fingerprint density at radius 3 is 2.87 bits per heavy atom. The molecular formula is C16H25N3O3S. The number of aryl methyl sites for hydroxylation is 1. The van der Waals surface area contributed by atoms with Crippen molar-refractivity contribution in [1.29, 1.82) is 0 Å². The molecule has 0 aromatic carbocycles. The quantitative estimate of drug-likeness (QED) is 0.904. The molecule has 128 valence electrons. The van der Waals surface area contributed by atoms with Crippen molar-refractivity contribution in [2.24, 2.45) is 0 Å². The Labute approximate surface area is 141 Å². The number of nitrogens with two attached hydrogens (primary N) is 1. The molecule has 2 fully saturated rings. The van der Waals surface area contributed by atoms with Crippen LogP contribution in [0.2, 0.25) is 0 Å². The van der Waals surface area contributed by atoms with E-state index in [4.69, 9.17) is 15.2 Å². The predicted octanol–water partition coefficient (Wildman–Crippen LogP) is 1.76. The molecule has 1 amide bonds. The van der Waals surface area contributed by atoms with Crippen molar-refractivity contribution in [1.82, 2.24) is 9.88 Å². The predicted molar refractivity (Wildman–Crippen MR) is 89.5 cm³/mol. The molecule has 1 aliphatic heterocycles. The van der Waals surface area contributed by atoms with Gasteiger partial charge in [-0.25, -0.2) is 4.98 Å². The van der Waals surface area contributed by atoms with E-state index < -0.39 is 0 Å². The molecule has 1 aromatic heterocycles. The summed E-state index contributed by atoms with van der Waals surface area (Å²) in [5.74, 6) is 0.137. The molecule has 1 aromatic rings. The molecule has 0 spiro atoms. The highest BCUT2D eigenvalue weighted by Crippen LogP contribution is 2.43. The van der Waals surface area contributed by atoms with Crippen LogP contribution in [0.25, 0.3) is 0 Å². The maximum Gasteiger partial charge on any atom is 0.228 e. The van der Waals surface area contributed by atoms with E-state index in [2.05, 4.69) is 4.98 Å². The van der Waals surface area contributed by atoms with Crippen LogP contribution in [0.3, 0.4) is 0 Å². The second kappa shape index (κ2) is 6.37. The SMILES string of the molecule is CO[C@@H]1CC[C@@]2(OC)CCN(C(=O)Cc3sc(N)nc3C)[C@H]2C1. The van der Waals surface area contributed by atoms with E-state index in [9.17, 15) is 4.79 Å². The Morgan fingerprint density at radius 1 is 1.48 bits per heavy atom. The second-order valence-electron chi connectivity index (χ2n) is 6.49. The zero-order valence-electron chi connectivity index (χ0n) is 14.0. The van der Waals surface area contributed by atoms with Gasteiger partial charge in [-0.3, -0.25) is 4.79 Å². The summed E-state index contributed by atoms with van der Waals surface area (Å²) in [5, 5.41) is 0.523. The lowest BCUT2D eigenvalue weighted by Gasteiger charge is -2.43. The normalized spacial score (nSPS) is 30.5. The molecule has 3 atom stereocenters. The first-order valence-electron chi connectivity index (χ1n) is 8.08. The van der Waals surface area contributed by atoms with Gasteiger partial charge in [-0.05, 0) is 32.6 Å². The molecule has 7 heteroatoms. The molecule has 2 aliphatic rings. The van der Waals surface area contributed by atoms with Crippen molar-refractivity contribution >= 4 is 22.4 Å². The summed E-state index contributed by atoms with van der Waals surface area (Å²) in [6.45, 7) is 2.65. The molecule has 1 saturated heterocycles. The molecule has 2 N–H and O–H groups in total. The average Bonchev–Trinajstić information content (AvgIpc) is 3.07. The number of nitrogen functional groups attached to an aromatic ring is 1. The zero-order chi connectivity index (χ0) is 16.6. The Morgan fingerprint density at radius 2 is 2.26 bits per heavy atom. The fourth-order valence-corrected chi connectivity index (χ4v) is 4.85. The monoisotopic (exact) mass is 339 g/mol. The average molecular weight is 339 g/mol. The first kappa shape index (κ1) is 16.7. The van der Waals surface area contributed by atoms with Gasteiger partial charge in [0.15, 0.2) is 5.13 Å². The number of carbonyl (C=O) groups is 1. The van der Waals surface area contributed by atoms with E-state index in [0.717, 1.165) is 42.8 Å². The lowest BCUT2D eigenvalue weighted by Crippen LogP contribution is -2.53. The fraction of sp³-hybridized carbons (Fsp3) is 0.750. The van der Waals surface area contributed by atoms with E-state index in [-0.39, 0.29) is 23.7 Å². The third-order valence-electron chi connectivity index (χ3n) is 5.42. The molecule has 6 nitrogen and oxygen atoms in total. The largest absolute Gasteiger partial charge is 0.381 e. The lowest BCUT2D eigenvalue weighted by molar-refractivity contribution is -0.140. The van der Waals surface area contributed by atoms with Crippen molar-refractivity contribution in [3.63, 3.8) is 0 Å². The van der Waals surface area contributed by atoms with Gasteiger partial charge in [-0.1, -0.05) is 0 Å². The van der Waals surface area contributed by atoms with Gasteiger partial charge in [-0.2, -0.15) is 0 Å². The number of anilines is 1. The van der Waals surface area contributed by atoms with Gasteiger partial charge in [0.1, 0.15) is 0 Å². The summed E-state index contributed by atoms with van der Waals surface area (Å²) in [7, 11) is 3.51. The van der Waals surface area contributed by atoms with Gasteiger partial charge >= 0.3 is 0 Å². The summed E-state index contributed by atoms with van der Waals surface area (Å²) in [6, 6.07) is 0.101. The van der Waals surface area contributed by atoms with Crippen LogP contribution in [0.1, 0.15) is 36.3 Å². The number of amides is 1. The Balaban J connectivity index is 1.76. The zero-order valence-corrected chi connectivity index (χ0v) is 14.8. The van der Waals surface area contributed by atoms with Crippen molar-refractivity contribution in [2.45, 2.75) is 56.8 Å². The third kappa shape index (κ3) is 2.97. The van der Waals surface area contributed by atoms with Crippen LogP contribution in [0, 0.1) is 6.92 Å². The van der Waals surface area contributed by atoms with E-state index >= 15 is 0 Å². The highest BCUT2D eigenvalue weighted by atomic mass is 32.1. The second-order valence-corrected chi connectivity index (χ2v) is 7.61. The smallest absolute Gasteiger partial charge is 0.228 e. The third-order valence-corrected chi connectivity index (χ3v) is 6.40. The highest BCUT2D eigenvalue weighted by Gasteiger charge is 2.52. The van der Waals surface area contributed by atoms with Crippen molar-refractivity contribution in [3.8, 4) is 0 Å². The van der Waals surface area contributed by atoms with Gasteiger partial charge in [-0.15, -0.1) is 11.3 Å². The van der Waals surface area contributed by atoms with Crippen molar-refractivity contribution < 1.29 is 14.3 Å². The molecular weight excluding hydrogens is 314 g/mol. The van der Waals surface area contributed by atoms with Crippen LogP contribution in [-0.4, -0.2) is 54.3 Å². The fourth-order valence-electron chi connectivity index (χ4n) is 4.03. The number of ether oxygens (including phenoxy) is 2. The minimum atomic E-state index is -0.202. The lowest BCUT2D eigenvalue weighted by atomic mass is 9.79. The van der Waals surface area contributed by atoms with Crippen LogP contribution in [0.5, 0.6) is 0 Å². The van der Waals surface area contributed by atoms with Gasteiger partial charge < -0.3 is 20.1 Å². The van der Waals surface area contributed by atoms with Crippen LogP contribution in [0.15, 0.2) is 0 Å². The number of hydrogen-bond donors (Lipinski definition) is 1. The Kier molecular flexibility index (Phi) is 4.62. The first-order chi connectivity index (χ1) is 11.0. The minimum absolute atomic E-state index is 0.101. The van der Waals surface area contributed by atoms with Crippen LogP contribution in [-0.2, 0) is 20.7 Å². The topological polar surface area (TPSA) is 77.7 Å². The molecule has 0 bridgehead atoms. The van der Waals surface area contributed by atoms with Gasteiger partial charge in [0.25, 0.3) is 0 Å². The standard InChI is InChI=1S/C16H25N3O3S/c1-10-12(23-15(17)18-10)9-14(20)19-7-6-16(22-3)5-4-11(21-2)8-13(16)19/h11,13H,4-9H2,1-3H3,(H2,17,18)/t11-,13+,16-/m1/s1. The van der Waals surface area contributed by atoms with E-state index in [0.29, 0.717) is 11.6 Å². The molecule has 1 saturated carbocycles. The highest BCUT2D eigenvalue weighted by molar-refractivity contribution is 7.15. The molecule has 0 unspecified atom stereocenters. The minimum Gasteiger partial charge on any atom is -0.381 e. The maximum atomic E-state index is 12.9. The van der Waals surface area contributed by atoms with Crippen LogP contribution >= 0.6 is 11.3 Å². The molecule has 0 radical (unpaired) electrons. The summed E-state index contributed by atoms with van der Waals surface area (Å²) in [6.07, 6.45) is 4.27. The summed E-state index contributed by atoms with van der Waals surface area (Å²) < 4.78 is 11.4. The number of methoxy groups -OCH3 is 2. The van der Waals surface area contributed by atoms with E-state index in [1.165, 1.54) is 11.3 Å². The maximum absolute atomic E-state index is 12.9. The van der Waals surface area contributed by atoms with Gasteiger partial charge in [0.2, 0.25) is 5.91 Å². The number of rotatable bonds is 4. The Bertz CT molecular complexity index is 591. The van der Waals surface area contributed by atoms with Crippen LogP contribution < -0.4 is 5.73 Å². The number of likely N-dealkylation sites (tertiary alicyclic amines) is 1. The molecule has 3 rings (SSSR count). The number of thiazole rings is 1. The van der Waals surface area contributed by atoms with Gasteiger partial charge in [0.05, 0.1) is 29.9 Å². The first-order valence-corrected chi connectivity index (χ1v) is 8.90. The van der Waals surface area contributed by atoms with Crippen molar-refractivity contribution in [2.75, 3.05) is 26.5 Å². The van der Waals surface area contributed by atoms with Gasteiger partial charge in [0, 0.05) is 25.6 Å². The Hall–Kier alpha value is -1.18. The number of fused-ring (bicyclic) bond motifs is 1. The van der Waals surface area contributed by atoms with Crippen LogP contribution in [0.4, 0.5) is 5.13 Å². The molecule has 2 heterocycles. The number of aromatic nitrogens is 1. The number of hydrogen-bond acceptors (Lipinski definition) is 6. The number of carbonyl (C=O) groups excluding carboxylic acids is 1. The van der Waals surface area contributed by atoms with E-state index in [1.54, 1.807) is 14.2 Å².